The Kier molecular flexibility index (Phi) is 8.19. The number of thiophene rings is 1. The number of allylic oxidation sites excluding steroid dienone is 2. The van der Waals surface area contributed by atoms with E-state index in [4.69, 9.17) is 11.1 Å². The van der Waals surface area contributed by atoms with Crippen LogP contribution in [0.1, 0.15) is 43.9 Å². The zero-order valence-corrected chi connectivity index (χ0v) is 19.3. The third-order valence-electron chi connectivity index (χ3n) is 5.24. The Balaban J connectivity index is 2.09. The number of hydrogen-bond acceptors (Lipinski definition) is 4. The molecule has 0 aliphatic rings. The summed E-state index contributed by atoms with van der Waals surface area (Å²) >= 11 is 1.44. The second-order valence-corrected chi connectivity index (χ2v) is 8.76. The van der Waals surface area contributed by atoms with Crippen LogP contribution in [0.15, 0.2) is 53.6 Å². The summed E-state index contributed by atoms with van der Waals surface area (Å²) in [4.78, 5) is 5.07. The molecule has 180 valence electrons. The van der Waals surface area contributed by atoms with Crippen molar-refractivity contribution in [2.45, 2.75) is 45.2 Å². The van der Waals surface area contributed by atoms with Crippen molar-refractivity contribution in [3.8, 4) is 21.7 Å². The number of aryl methyl sites for hydroxylation is 1. The number of hydrogen-bond donors (Lipinski definition) is 2. The first-order chi connectivity index (χ1) is 16.1. The van der Waals surface area contributed by atoms with Gasteiger partial charge in [0, 0.05) is 16.5 Å². The zero-order chi connectivity index (χ0) is 24.9. The highest BCUT2D eigenvalue weighted by Crippen LogP contribution is 2.34. The minimum atomic E-state index is -4.80. The van der Waals surface area contributed by atoms with Crippen molar-refractivity contribution in [3.63, 3.8) is 0 Å². The molecule has 2 heterocycles. The smallest absolute Gasteiger partial charge is 0.395 e. The van der Waals surface area contributed by atoms with Crippen LogP contribution in [0.5, 0.6) is 0 Å². The number of nitrogens with one attached hydrogen (secondary N) is 1. The predicted molar refractivity (Wildman–Crippen MR) is 126 cm³/mol. The SMILES string of the molecule is CCCCCCc1ccsc1-c1cc(C(=N)C=C(N)C(F)(F)F)nc(-c2ccc(F)cc2F)c1. The lowest BCUT2D eigenvalue weighted by atomic mass is 10.0. The van der Waals surface area contributed by atoms with E-state index in [0.29, 0.717) is 17.7 Å². The van der Waals surface area contributed by atoms with Crippen LogP contribution in [0.25, 0.3) is 21.7 Å². The van der Waals surface area contributed by atoms with Crippen LogP contribution in [0, 0.1) is 17.0 Å². The van der Waals surface area contributed by atoms with Gasteiger partial charge in [0.05, 0.1) is 17.1 Å². The lowest BCUT2D eigenvalue weighted by Crippen LogP contribution is -2.21. The molecule has 1 aromatic carbocycles. The Labute approximate surface area is 198 Å². The van der Waals surface area contributed by atoms with Crippen LogP contribution in [0.2, 0.25) is 0 Å². The Morgan fingerprint density at radius 2 is 1.85 bits per heavy atom. The molecule has 0 spiro atoms. The number of nitrogens with zero attached hydrogens (tertiary/aromatic N) is 1. The van der Waals surface area contributed by atoms with E-state index in [0.717, 1.165) is 48.6 Å². The van der Waals surface area contributed by atoms with E-state index in [-0.39, 0.29) is 17.0 Å². The second-order valence-electron chi connectivity index (χ2n) is 7.85. The van der Waals surface area contributed by atoms with Gasteiger partial charge in [0.15, 0.2) is 0 Å². The molecule has 0 atom stereocenters. The molecule has 0 amide bonds. The molecule has 0 radical (unpaired) electrons. The number of aromatic nitrogens is 1. The van der Waals surface area contributed by atoms with Crippen molar-refractivity contribution >= 4 is 17.0 Å². The summed E-state index contributed by atoms with van der Waals surface area (Å²) in [6.07, 6.45) is 0.785. The molecule has 3 N–H and O–H groups in total. The van der Waals surface area contributed by atoms with Gasteiger partial charge in [0.2, 0.25) is 0 Å². The van der Waals surface area contributed by atoms with Crippen molar-refractivity contribution in [2.24, 2.45) is 5.73 Å². The van der Waals surface area contributed by atoms with E-state index in [2.05, 4.69) is 11.9 Å². The third-order valence-corrected chi connectivity index (χ3v) is 6.25. The molecular formula is C25H24F5N3S. The molecule has 0 saturated carbocycles. The fraction of sp³-hybridized carbons (Fsp3) is 0.280. The van der Waals surface area contributed by atoms with Crippen molar-refractivity contribution in [1.29, 1.82) is 5.41 Å². The Bertz CT molecular complexity index is 1200. The van der Waals surface area contributed by atoms with Crippen LogP contribution in [-0.4, -0.2) is 16.9 Å². The molecule has 0 fully saturated rings. The predicted octanol–water partition coefficient (Wildman–Crippen LogP) is 7.65. The lowest BCUT2D eigenvalue weighted by Gasteiger charge is -2.12. The van der Waals surface area contributed by atoms with Crippen LogP contribution >= 0.6 is 11.3 Å². The largest absolute Gasteiger partial charge is 0.430 e. The van der Waals surface area contributed by atoms with Gasteiger partial charge in [-0.2, -0.15) is 13.2 Å². The van der Waals surface area contributed by atoms with Crippen molar-refractivity contribution in [2.75, 3.05) is 0 Å². The van der Waals surface area contributed by atoms with E-state index >= 15 is 0 Å². The highest BCUT2D eigenvalue weighted by atomic mass is 32.1. The van der Waals surface area contributed by atoms with Crippen molar-refractivity contribution < 1.29 is 22.0 Å². The summed E-state index contributed by atoms with van der Waals surface area (Å²) in [5.74, 6) is -1.63. The molecule has 2 aromatic heterocycles. The van der Waals surface area contributed by atoms with Gasteiger partial charge in [-0.25, -0.2) is 13.8 Å². The number of alkyl halides is 3. The summed E-state index contributed by atoms with van der Waals surface area (Å²) in [6, 6.07) is 8.07. The summed E-state index contributed by atoms with van der Waals surface area (Å²) in [7, 11) is 0. The molecule has 3 aromatic rings. The summed E-state index contributed by atoms with van der Waals surface area (Å²) in [6.45, 7) is 2.12. The van der Waals surface area contributed by atoms with Gasteiger partial charge in [0.25, 0.3) is 0 Å². The van der Waals surface area contributed by atoms with Gasteiger partial charge in [-0.05, 0) is 65.8 Å². The molecule has 3 nitrogen and oxygen atoms in total. The van der Waals surface area contributed by atoms with E-state index in [9.17, 15) is 22.0 Å². The molecule has 0 saturated heterocycles. The molecular weight excluding hydrogens is 469 g/mol. The number of rotatable bonds is 9. The van der Waals surface area contributed by atoms with Crippen molar-refractivity contribution in [1.82, 2.24) is 4.98 Å². The molecule has 3 rings (SSSR count). The second kappa shape index (κ2) is 10.9. The average molecular weight is 494 g/mol. The first-order valence-corrected chi connectivity index (χ1v) is 11.7. The van der Waals surface area contributed by atoms with Gasteiger partial charge in [-0.1, -0.05) is 26.2 Å². The number of pyridine rings is 1. The molecule has 0 aliphatic heterocycles. The first-order valence-electron chi connectivity index (χ1n) is 10.8. The van der Waals surface area contributed by atoms with Crippen LogP contribution in [-0.2, 0) is 6.42 Å². The maximum atomic E-state index is 14.5. The zero-order valence-electron chi connectivity index (χ0n) is 18.5. The van der Waals surface area contributed by atoms with Gasteiger partial charge < -0.3 is 5.73 Å². The average Bonchev–Trinajstić information content (AvgIpc) is 3.24. The van der Waals surface area contributed by atoms with Gasteiger partial charge in [0.1, 0.15) is 17.3 Å². The molecule has 0 aliphatic carbocycles. The van der Waals surface area contributed by atoms with E-state index in [1.54, 1.807) is 6.07 Å². The lowest BCUT2D eigenvalue weighted by molar-refractivity contribution is -0.0925. The fourth-order valence-electron chi connectivity index (χ4n) is 3.47. The number of benzene rings is 1. The molecule has 0 bridgehead atoms. The van der Waals surface area contributed by atoms with Gasteiger partial charge in [-0.3, -0.25) is 5.41 Å². The normalized spacial score (nSPS) is 12.2. The fourth-order valence-corrected chi connectivity index (χ4v) is 4.42. The standard InChI is InChI=1S/C25H24F5N3S/c1-2-3-4-5-6-15-9-10-34-24(15)16-11-21(18-8-7-17(26)13-19(18)27)33-22(12-16)20(31)14-23(32)25(28,29)30/h7-14,31H,2-6,32H2,1H3. The van der Waals surface area contributed by atoms with Gasteiger partial charge in [-0.15, -0.1) is 11.3 Å². The number of halogens is 5. The maximum Gasteiger partial charge on any atom is 0.430 e. The maximum absolute atomic E-state index is 14.5. The Hall–Kier alpha value is -3.07. The topological polar surface area (TPSA) is 62.8 Å². The first kappa shape index (κ1) is 25.6. The monoisotopic (exact) mass is 493 g/mol. The van der Waals surface area contributed by atoms with Crippen LogP contribution in [0.4, 0.5) is 22.0 Å². The molecule has 0 unspecified atom stereocenters. The highest BCUT2D eigenvalue weighted by Gasteiger charge is 2.31. The summed E-state index contributed by atoms with van der Waals surface area (Å²) in [5.41, 5.74) is 4.68. The third kappa shape index (κ3) is 6.28. The molecule has 9 heteroatoms. The summed E-state index contributed by atoms with van der Waals surface area (Å²) < 4.78 is 66.6. The number of unbranched alkanes of at least 4 members (excludes halogenated alkanes) is 3. The van der Waals surface area contributed by atoms with E-state index in [1.807, 2.05) is 11.4 Å². The molecule has 34 heavy (non-hydrogen) atoms. The van der Waals surface area contributed by atoms with Crippen molar-refractivity contribution in [3.05, 3.63) is 76.4 Å². The quantitative estimate of drug-likeness (QED) is 0.183. The Morgan fingerprint density at radius 3 is 2.53 bits per heavy atom. The highest BCUT2D eigenvalue weighted by molar-refractivity contribution is 7.13. The van der Waals surface area contributed by atoms with E-state index < -0.39 is 29.2 Å². The van der Waals surface area contributed by atoms with Crippen LogP contribution < -0.4 is 5.73 Å². The Morgan fingerprint density at radius 1 is 1.09 bits per heavy atom. The minimum absolute atomic E-state index is 0.0221. The van der Waals surface area contributed by atoms with E-state index in [1.165, 1.54) is 23.5 Å². The number of nitrogens with two attached hydrogens (primary N) is 1. The minimum Gasteiger partial charge on any atom is -0.395 e. The van der Waals surface area contributed by atoms with Gasteiger partial charge >= 0.3 is 6.18 Å². The van der Waals surface area contributed by atoms with Crippen LogP contribution in [0.3, 0.4) is 0 Å². The summed E-state index contributed by atoms with van der Waals surface area (Å²) in [5, 5.41) is 10.1.